The summed E-state index contributed by atoms with van der Waals surface area (Å²) < 4.78 is 6.84. The van der Waals surface area contributed by atoms with Crippen molar-refractivity contribution in [2.75, 3.05) is 11.5 Å². The summed E-state index contributed by atoms with van der Waals surface area (Å²) in [7, 11) is 1.87. The largest absolute Gasteiger partial charge is 0.381 e. The van der Waals surface area contributed by atoms with Gasteiger partial charge in [0.15, 0.2) is 0 Å². The smallest absolute Gasteiger partial charge is 0.0574 e. The number of rotatable bonds is 3. The minimum Gasteiger partial charge on any atom is -0.381 e. The van der Waals surface area contributed by atoms with Crippen LogP contribution < -0.4 is 0 Å². The van der Waals surface area contributed by atoms with Crippen molar-refractivity contribution in [3.05, 3.63) is 0 Å². The first-order chi connectivity index (χ1) is 6.35. The molecule has 0 radical (unpaired) electrons. The van der Waals surface area contributed by atoms with E-state index in [9.17, 15) is 0 Å². The van der Waals surface area contributed by atoms with Crippen molar-refractivity contribution in [1.29, 1.82) is 0 Å². The average Bonchev–Trinajstić information content (AvgIpc) is 2.97. The maximum atomic E-state index is 5.47. The van der Waals surface area contributed by atoms with Crippen LogP contribution >= 0.6 is 22.6 Å². The highest BCUT2D eigenvalue weighted by Crippen LogP contribution is 2.50. The van der Waals surface area contributed by atoms with Crippen LogP contribution in [0.4, 0.5) is 0 Å². The summed E-state index contributed by atoms with van der Waals surface area (Å²) >= 11 is 2.53. The number of methoxy groups -OCH3 is 1. The van der Waals surface area contributed by atoms with Crippen molar-refractivity contribution in [2.24, 2.45) is 17.8 Å². The highest BCUT2D eigenvalue weighted by Gasteiger charge is 2.43. The van der Waals surface area contributed by atoms with Gasteiger partial charge in [-0.2, -0.15) is 0 Å². The predicted molar refractivity (Wildman–Crippen MR) is 63.2 cm³/mol. The maximum Gasteiger partial charge on any atom is 0.0574 e. The molecule has 0 aromatic rings. The third kappa shape index (κ3) is 2.38. The summed E-state index contributed by atoms with van der Waals surface area (Å²) in [5.74, 6) is 3.12. The number of hydrogen-bond donors (Lipinski definition) is 0. The summed E-state index contributed by atoms with van der Waals surface area (Å²) in [4.78, 5) is 0. The zero-order valence-electron chi connectivity index (χ0n) is 8.34. The standard InChI is InChI=1S/C11H19IO/c1-13-10-4-2-3-8(5-10)11-6-9(11)7-12/h8-11H,2-7H2,1H3. The molecule has 0 aromatic carbocycles. The van der Waals surface area contributed by atoms with Gasteiger partial charge in [0.25, 0.3) is 0 Å². The lowest BCUT2D eigenvalue weighted by Gasteiger charge is -2.28. The summed E-state index contributed by atoms with van der Waals surface area (Å²) in [6.07, 6.45) is 7.59. The number of hydrogen-bond acceptors (Lipinski definition) is 1. The molecule has 4 unspecified atom stereocenters. The van der Waals surface area contributed by atoms with E-state index in [0.29, 0.717) is 6.10 Å². The van der Waals surface area contributed by atoms with Crippen LogP contribution in [0, 0.1) is 17.8 Å². The Morgan fingerprint density at radius 3 is 2.77 bits per heavy atom. The van der Waals surface area contributed by atoms with E-state index in [4.69, 9.17) is 4.74 Å². The van der Waals surface area contributed by atoms with Gasteiger partial charge in [-0.1, -0.05) is 29.0 Å². The van der Waals surface area contributed by atoms with Gasteiger partial charge in [-0.3, -0.25) is 0 Å². The third-order valence-electron chi connectivity index (χ3n) is 3.78. The van der Waals surface area contributed by atoms with Gasteiger partial charge < -0.3 is 4.74 Å². The van der Waals surface area contributed by atoms with Gasteiger partial charge in [-0.05, 0) is 43.4 Å². The predicted octanol–water partition coefficient (Wildman–Crippen LogP) is 3.26. The van der Waals surface area contributed by atoms with Crippen molar-refractivity contribution in [1.82, 2.24) is 0 Å². The van der Waals surface area contributed by atoms with Gasteiger partial charge in [0, 0.05) is 11.5 Å². The summed E-state index contributed by atoms with van der Waals surface area (Å²) in [6.45, 7) is 0. The summed E-state index contributed by atoms with van der Waals surface area (Å²) in [5, 5.41) is 0. The molecule has 2 saturated carbocycles. The van der Waals surface area contributed by atoms with E-state index in [1.165, 1.54) is 36.5 Å². The van der Waals surface area contributed by atoms with Gasteiger partial charge in [-0.25, -0.2) is 0 Å². The van der Waals surface area contributed by atoms with Crippen LogP contribution in [0.1, 0.15) is 32.1 Å². The Bertz CT molecular complexity index is 171. The van der Waals surface area contributed by atoms with Gasteiger partial charge in [0.05, 0.1) is 6.10 Å². The topological polar surface area (TPSA) is 9.23 Å². The molecule has 4 atom stereocenters. The molecule has 0 N–H and O–H groups in total. The molecule has 2 aliphatic carbocycles. The minimum absolute atomic E-state index is 0.578. The van der Waals surface area contributed by atoms with Gasteiger partial charge in [-0.15, -0.1) is 0 Å². The van der Waals surface area contributed by atoms with Crippen molar-refractivity contribution >= 4 is 22.6 Å². The van der Waals surface area contributed by atoms with Crippen molar-refractivity contribution in [3.63, 3.8) is 0 Å². The Hall–Kier alpha value is 0.690. The molecule has 2 rings (SSSR count). The fraction of sp³-hybridized carbons (Fsp3) is 1.00. The lowest BCUT2D eigenvalue weighted by Crippen LogP contribution is -2.23. The first kappa shape index (κ1) is 10.2. The molecular weight excluding hydrogens is 275 g/mol. The second-order valence-electron chi connectivity index (χ2n) is 4.60. The Morgan fingerprint density at radius 1 is 1.31 bits per heavy atom. The first-order valence-electron chi connectivity index (χ1n) is 5.44. The van der Waals surface area contributed by atoms with E-state index < -0.39 is 0 Å². The van der Waals surface area contributed by atoms with Crippen LogP contribution in [0.5, 0.6) is 0 Å². The molecule has 0 amide bonds. The van der Waals surface area contributed by atoms with E-state index in [0.717, 1.165) is 17.8 Å². The highest BCUT2D eigenvalue weighted by molar-refractivity contribution is 14.1. The van der Waals surface area contributed by atoms with Crippen molar-refractivity contribution in [3.8, 4) is 0 Å². The van der Waals surface area contributed by atoms with E-state index in [1.807, 2.05) is 7.11 Å². The van der Waals surface area contributed by atoms with Crippen LogP contribution in [0.3, 0.4) is 0 Å². The van der Waals surface area contributed by atoms with Crippen LogP contribution in [0.2, 0.25) is 0 Å². The fourth-order valence-electron chi connectivity index (χ4n) is 2.81. The number of ether oxygens (including phenoxy) is 1. The van der Waals surface area contributed by atoms with Crippen LogP contribution in [0.25, 0.3) is 0 Å². The highest BCUT2D eigenvalue weighted by atomic mass is 127. The van der Waals surface area contributed by atoms with Crippen LogP contribution in [0.15, 0.2) is 0 Å². The Labute approximate surface area is 94.8 Å². The normalized spacial score (nSPS) is 44.8. The fourth-order valence-corrected chi connectivity index (χ4v) is 3.82. The molecule has 1 nitrogen and oxygen atoms in total. The molecule has 13 heavy (non-hydrogen) atoms. The first-order valence-corrected chi connectivity index (χ1v) is 6.96. The molecular formula is C11H19IO. The molecule has 0 saturated heterocycles. The van der Waals surface area contributed by atoms with Crippen LogP contribution in [-0.2, 0) is 4.74 Å². The van der Waals surface area contributed by atoms with E-state index in [2.05, 4.69) is 22.6 Å². The van der Waals surface area contributed by atoms with Crippen molar-refractivity contribution in [2.45, 2.75) is 38.2 Å². The van der Waals surface area contributed by atoms with E-state index in [-0.39, 0.29) is 0 Å². The van der Waals surface area contributed by atoms with Crippen LogP contribution in [-0.4, -0.2) is 17.6 Å². The summed E-state index contributed by atoms with van der Waals surface area (Å²) in [5.41, 5.74) is 0. The molecule has 2 fully saturated rings. The monoisotopic (exact) mass is 294 g/mol. The lowest BCUT2D eigenvalue weighted by atomic mass is 9.83. The van der Waals surface area contributed by atoms with Crippen molar-refractivity contribution < 1.29 is 4.74 Å². The molecule has 0 spiro atoms. The Kier molecular flexibility index (Phi) is 3.52. The molecule has 0 heterocycles. The number of halogens is 1. The minimum atomic E-state index is 0.578. The zero-order chi connectivity index (χ0) is 9.26. The molecule has 2 heteroatoms. The van der Waals surface area contributed by atoms with Gasteiger partial charge in [0.2, 0.25) is 0 Å². The molecule has 0 bridgehead atoms. The average molecular weight is 294 g/mol. The molecule has 0 aromatic heterocycles. The third-order valence-corrected chi connectivity index (χ3v) is 4.91. The number of alkyl halides is 1. The SMILES string of the molecule is COC1CCCC(C2CC2CI)C1. The van der Waals surface area contributed by atoms with Gasteiger partial charge in [0.1, 0.15) is 0 Å². The molecule has 76 valence electrons. The van der Waals surface area contributed by atoms with E-state index >= 15 is 0 Å². The van der Waals surface area contributed by atoms with Gasteiger partial charge >= 0.3 is 0 Å². The lowest BCUT2D eigenvalue weighted by molar-refractivity contribution is 0.0453. The maximum absolute atomic E-state index is 5.47. The zero-order valence-corrected chi connectivity index (χ0v) is 10.5. The Balaban J connectivity index is 1.80. The quantitative estimate of drug-likeness (QED) is 0.573. The summed E-state index contributed by atoms with van der Waals surface area (Å²) in [6, 6.07) is 0. The molecule has 2 aliphatic rings. The molecule has 0 aliphatic heterocycles. The second-order valence-corrected chi connectivity index (χ2v) is 5.48. The van der Waals surface area contributed by atoms with E-state index in [1.54, 1.807) is 0 Å². The second kappa shape index (κ2) is 4.47. The Morgan fingerprint density at radius 2 is 2.15 bits per heavy atom.